The van der Waals surface area contributed by atoms with E-state index in [2.05, 4.69) is 66.4 Å². The Kier molecular flexibility index (Phi) is 4.74. The third-order valence-corrected chi connectivity index (χ3v) is 13.3. The van der Waals surface area contributed by atoms with E-state index in [-0.39, 0.29) is 22.0 Å². The molecule has 4 atom stereocenters. The van der Waals surface area contributed by atoms with E-state index in [0.717, 1.165) is 32.1 Å². The molecule has 0 aromatic carbocycles. The van der Waals surface area contributed by atoms with Gasteiger partial charge in [0.2, 0.25) is 0 Å². The van der Waals surface area contributed by atoms with Gasteiger partial charge in [-0.3, -0.25) is 0 Å². The Morgan fingerprint density at radius 2 is 1.92 bits per heavy atom. The van der Waals surface area contributed by atoms with Crippen LogP contribution in [0.2, 0.25) is 18.1 Å². The zero-order valence-electron chi connectivity index (χ0n) is 18.1. The van der Waals surface area contributed by atoms with Crippen LogP contribution in [-0.2, 0) is 4.43 Å². The quantitative estimate of drug-likeness (QED) is 0.465. The minimum atomic E-state index is -1.80. The molecule has 0 spiro atoms. The lowest BCUT2D eigenvalue weighted by atomic mass is 9.60. The Morgan fingerprint density at radius 1 is 1.27 bits per heavy atom. The second kappa shape index (κ2) is 6.06. The van der Waals surface area contributed by atoms with Gasteiger partial charge >= 0.3 is 0 Å². The molecule has 2 bridgehead atoms. The van der Waals surface area contributed by atoms with Gasteiger partial charge in [-0.05, 0) is 73.6 Å². The fraction of sp³-hybridized carbons (Fsp3) is 0.826. The summed E-state index contributed by atoms with van der Waals surface area (Å²) in [6, 6.07) is 0. The molecule has 2 saturated carbocycles. The number of aliphatic hydroxyl groups is 1. The van der Waals surface area contributed by atoms with Crippen molar-refractivity contribution >= 4 is 8.32 Å². The Labute approximate surface area is 162 Å². The molecule has 0 aliphatic heterocycles. The number of hydrogen-bond donors (Lipinski definition) is 1. The van der Waals surface area contributed by atoms with Crippen LogP contribution >= 0.6 is 0 Å². The monoisotopic (exact) mass is 376 g/mol. The zero-order valence-corrected chi connectivity index (χ0v) is 19.1. The summed E-state index contributed by atoms with van der Waals surface area (Å²) in [5.41, 5.74) is 0.450. The van der Waals surface area contributed by atoms with Crippen molar-refractivity contribution in [1.82, 2.24) is 0 Å². The van der Waals surface area contributed by atoms with Crippen LogP contribution in [0, 0.1) is 16.7 Å². The highest BCUT2D eigenvalue weighted by Gasteiger charge is 2.70. The second-order valence-corrected chi connectivity index (χ2v) is 16.0. The second-order valence-electron chi connectivity index (χ2n) is 11.2. The fourth-order valence-corrected chi connectivity index (χ4v) is 7.21. The molecule has 0 radical (unpaired) electrons. The molecular weight excluding hydrogens is 336 g/mol. The van der Waals surface area contributed by atoms with E-state index in [4.69, 9.17) is 4.43 Å². The molecule has 148 valence electrons. The molecule has 2 nitrogen and oxygen atoms in total. The summed E-state index contributed by atoms with van der Waals surface area (Å²) < 4.78 is 6.70. The summed E-state index contributed by atoms with van der Waals surface area (Å²) in [5, 5.41) is 12.2. The lowest BCUT2D eigenvalue weighted by Gasteiger charge is -2.48. The van der Waals surface area contributed by atoms with Crippen molar-refractivity contribution in [2.75, 3.05) is 0 Å². The first kappa shape index (κ1) is 20.4. The smallest absolute Gasteiger partial charge is 0.192 e. The van der Waals surface area contributed by atoms with Crippen LogP contribution in [0.3, 0.4) is 0 Å². The average Bonchev–Trinajstić information content (AvgIpc) is 2.87. The number of rotatable bonds is 4. The molecule has 0 aromatic rings. The first-order chi connectivity index (χ1) is 11.8. The highest BCUT2D eigenvalue weighted by atomic mass is 28.4. The third kappa shape index (κ3) is 2.64. The Bertz CT molecular complexity index is 612. The SMILES string of the molecule is C=CC12CCC(CC1(O)C1=C[C@H](O[Si](C)(C)C(C)(C)C)CCC1)C2(C)C. The van der Waals surface area contributed by atoms with Crippen LogP contribution in [0.5, 0.6) is 0 Å². The van der Waals surface area contributed by atoms with E-state index >= 15 is 0 Å². The van der Waals surface area contributed by atoms with Crippen LogP contribution in [0.1, 0.15) is 73.1 Å². The van der Waals surface area contributed by atoms with Crippen LogP contribution in [0.25, 0.3) is 0 Å². The zero-order chi connectivity index (χ0) is 19.6. The van der Waals surface area contributed by atoms with Crippen LogP contribution in [-0.4, -0.2) is 25.1 Å². The Balaban J connectivity index is 1.92. The summed E-state index contributed by atoms with van der Waals surface area (Å²) in [5.74, 6) is 0.591. The topological polar surface area (TPSA) is 29.5 Å². The highest BCUT2D eigenvalue weighted by Crippen LogP contribution is 2.72. The van der Waals surface area contributed by atoms with Gasteiger partial charge in [-0.25, -0.2) is 0 Å². The predicted octanol–water partition coefficient (Wildman–Crippen LogP) is 6.23. The van der Waals surface area contributed by atoms with Gasteiger partial charge < -0.3 is 9.53 Å². The normalized spacial score (nSPS) is 39.8. The third-order valence-electron chi connectivity index (χ3n) is 8.79. The molecular formula is C23H40O2Si. The maximum atomic E-state index is 12.0. The van der Waals surface area contributed by atoms with Gasteiger partial charge in [-0.2, -0.15) is 0 Å². The average molecular weight is 377 g/mol. The first-order valence-corrected chi connectivity index (χ1v) is 13.5. The fourth-order valence-electron chi connectivity index (χ4n) is 5.91. The number of fused-ring (bicyclic) bond motifs is 2. The highest BCUT2D eigenvalue weighted by molar-refractivity contribution is 6.74. The van der Waals surface area contributed by atoms with Gasteiger partial charge in [0.1, 0.15) is 0 Å². The van der Waals surface area contributed by atoms with E-state index in [1.54, 1.807) is 0 Å². The van der Waals surface area contributed by atoms with Gasteiger partial charge in [0, 0.05) is 5.41 Å². The van der Waals surface area contributed by atoms with Gasteiger partial charge in [-0.1, -0.05) is 46.8 Å². The Morgan fingerprint density at radius 3 is 2.46 bits per heavy atom. The van der Waals surface area contributed by atoms with Crippen molar-refractivity contribution in [1.29, 1.82) is 0 Å². The summed E-state index contributed by atoms with van der Waals surface area (Å²) in [6.07, 6.45) is 11.0. The maximum Gasteiger partial charge on any atom is 0.192 e. The molecule has 1 N–H and O–H groups in total. The molecule has 0 saturated heterocycles. The largest absolute Gasteiger partial charge is 0.411 e. The van der Waals surface area contributed by atoms with E-state index in [0.29, 0.717) is 5.92 Å². The Hall–Kier alpha value is -0.383. The van der Waals surface area contributed by atoms with E-state index < -0.39 is 13.9 Å². The molecule has 0 aromatic heterocycles. The van der Waals surface area contributed by atoms with Crippen molar-refractivity contribution in [3.05, 3.63) is 24.3 Å². The molecule has 3 rings (SSSR count). The van der Waals surface area contributed by atoms with Gasteiger partial charge in [0.15, 0.2) is 8.32 Å². The summed E-state index contributed by atoms with van der Waals surface area (Å²) in [6.45, 7) is 20.4. The van der Waals surface area contributed by atoms with Gasteiger partial charge in [-0.15, -0.1) is 6.58 Å². The summed E-state index contributed by atoms with van der Waals surface area (Å²) in [4.78, 5) is 0. The maximum absolute atomic E-state index is 12.0. The molecule has 26 heavy (non-hydrogen) atoms. The van der Waals surface area contributed by atoms with E-state index in [1.807, 2.05) is 0 Å². The molecule has 3 unspecified atom stereocenters. The lowest BCUT2D eigenvalue weighted by Crippen LogP contribution is -2.50. The molecule has 2 fully saturated rings. The molecule has 0 heterocycles. The standard InChI is InChI=1S/C23H40O2Si/c1-9-22-14-13-18(21(22,5)6)16-23(22,24)17-11-10-12-19(15-17)25-26(7,8)20(2,3)4/h9,15,18-19,24H,1,10-14,16H2,2-8H3/t18?,19-,22?,23?/m1/s1. The van der Waals surface area contributed by atoms with Crippen LogP contribution < -0.4 is 0 Å². The number of hydrogen-bond acceptors (Lipinski definition) is 2. The van der Waals surface area contributed by atoms with Crippen molar-refractivity contribution in [2.45, 2.75) is 103 Å². The van der Waals surface area contributed by atoms with Crippen molar-refractivity contribution in [3.8, 4) is 0 Å². The van der Waals surface area contributed by atoms with Crippen LogP contribution in [0.15, 0.2) is 24.3 Å². The van der Waals surface area contributed by atoms with Gasteiger partial charge in [0.25, 0.3) is 0 Å². The molecule has 3 aliphatic rings. The summed E-state index contributed by atoms with van der Waals surface area (Å²) >= 11 is 0. The summed E-state index contributed by atoms with van der Waals surface area (Å²) in [7, 11) is -1.80. The predicted molar refractivity (Wildman–Crippen MR) is 113 cm³/mol. The van der Waals surface area contributed by atoms with Crippen molar-refractivity contribution < 1.29 is 9.53 Å². The van der Waals surface area contributed by atoms with Crippen molar-refractivity contribution in [3.63, 3.8) is 0 Å². The first-order valence-electron chi connectivity index (χ1n) is 10.6. The molecule has 3 heteroatoms. The van der Waals surface area contributed by atoms with E-state index in [1.165, 1.54) is 12.0 Å². The minimum absolute atomic E-state index is 0.123. The van der Waals surface area contributed by atoms with E-state index in [9.17, 15) is 5.11 Å². The molecule has 3 aliphatic carbocycles. The van der Waals surface area contributed by atoms with Crippen LogP contribution in [0.4, 0.5) is 0 Å². The van der Waals surface area contributed by atoms with Gasteiger partial charge in [0.05, 0.1) is 11.7 Å². The molecule has 0 amide bonds. The lowest BCUT2D eigenvalue weighted by molar-refractivity contribution is -0.0447. The minimum Gasteiger partial charge on any atom is -0.411 e. The van der Waals surface area contributed by atoms with Crippen molar-refractivity contribution in [2.24, 2.45) is 16.7 Å².